The van der Waals surface area contributed by atoms with Crippen LogP contribution in [0.25, 0.3) is 0 Å². The molecule has 116 valence electrons. The summed E-state index contributed by atoms with van der Waals surface area (Å²) in [4.78, 5) is 0. The monoisotopic (exact) mass is 286 g/mol. The fraction of sp³-hybridized carbons (Fsp3) is 0.800. The molecule has 3 fully saturated rings. The number of allylic oxidation sites excluding steroid dienone is 2. The van der Waals surface area contributed by atoms with Gasteiger partial charge in [-0.3, -0.25) is 0 Å². The average molecular weight is 286 g/mol. The summed E-state index contributed by atoms with van der Waals surface area (Å²) in [6, 6.07) is 0. The molecule has 0 aromatic rings. The third kappa shape index (κ3) is 1.79. The van der Waals surface area contributed by atoms with Crippen LogP contribution in [0.15, 0.2) is 23.8 Å². The van der Waals surface area contributed by atoms with Gasteiger partial charge in [-0.25, -0.2) is 0 Å². The first kappa shape index (κ1) is 14.1. The van der Waals surface area contributed by atoms with E-state index >= 15 is 0 Å². The van der Waals surface area contributed by atoms with Crippen LogP contribution in [0.4, 0.5) is 0 Å². The van der Waals surface area contributed by atoms with Crippen LogP contribution >= 0.6 is 0 Å². The molecule has 4 aliphatic rings. The zero-order valence-corrected chi connectivity index (χ0v) is 13.7. The number of aliphatic hydroxyl groups is 1. The zero-order chi connectivity index (χ0) is 14.8. The topological polar surface area (TPSA) is 20.2 Å². The van der Waals surface area contributed by atoms with E-state index in [0.717, 1.165) is 24.2 Å². The average Bonchev–Trinajstić information content (AvgIpc) is 2.76. The Balaban J connectivity index is 1.69. The van der Waals surface area contributed by atoms with E-state index in [1.165, 1.54) is 50.5 Å². The minimum Gasteiger partial charge on any atom is -0.389 e. The Bertz CT molecular complexity index is 504. The fourth-order valence-electron chi connectivity index (χ4n) is 6.62. The maximum absolute atomic E-state index is 10.00. The molecule has 0 aliphatic heterocycles. The number of aliphatic hydroxyl groups excluding tert-OH is 1. The van der Waals surface area contributed by atoms with Crippen molar-refractivity contribution in [2.24, 2.45) is 28.6 Å². The van der Waals surface area contributed by atoms with Gasteiger partial charge < -0.3 is 5.11 Å². The van der Waals surface area contributed by atoms with E-state index in [1.54, 1.807) is 5.57 Å². The lowest BCUT2D eigenvalue weighted by atomic mass is 9.47. The van der Waals surface area contributed by atoms with E-state index in [9.17, 15) is 5.11 Å². The fourth-order valence-corrected chi connectivity index (χ4v) is 6.62. The van der Waals surface area contributed by atoms with Crippen molar-refractivity contribution in [3.63, 3.8) is 0 Å². The van der Waals surface area contributed by atoms with Gasteiger partial charge in [0.15, 0.2) is 0 Å². The molecule has 3 saturated carbocycles. The highest BCUT2D eigenvalue weighted by atomic mass is 16.3. The van der Waals surface area contributed by atoms with Gasteiger partial charge in [-0.15, -0.1) is 0 Å². The third-order valence-electron chi connectivity index (χ3n) is 8.04. The Labute approximate surface area is 129 Å². The molecule has 0 aromatic carbocycles. The summed E-state index contributed by atoms with van der Waals surface area (Å²) in [5.74, 6) is 2.64. The quantitative estimate of drug-likeness (QED) is 0.630. The van der Waals surface area contributed by atoms with Crippen LogP contribution in [-0.2, 0) is 0 Å². The molecule has 0 radical (unpaired) electrons. The second kappa shape index (κ2) is 4.47. The van der Waals surface area contributed by atoms with Crippen LogP contribution in [0, 0.1) is 28.6 Å². The number of fused-ring (bicyclic) bond motifs is 5. The van der Waals surface area contributed by atoms with Crippen LogP contribution in [0.3, 0.4) is 0 Å². The predicted molar refractivity (Wildman–Crippen MR) is 86.8 cm³/mol. The summed E-state index contributed by atoms with van der Waals surface area (Å²) >= 11 is 0. The van der Waals surface area contributed by atoms with E-state index < -0.39 is 0 Å². The van der Waals surface area contributed by atoms with E-state index in [4.69, 9.17) is 0 Å². The van der Waals surface area contributed by atoms with Crippen molar-refractivity contribution in [1.82, 2.24) is 0 Å². The second-order valence-corrected chi connectivity index (χ2v) is 8.73. The largest absolute Gasteiger partial charge is 0.389 e. The molecule has 1 nitrogen and oxygen atoms in total. The summed E-state index contributed by atoms with van der Waals surface area (Å²) in [6.07, 6.45) is 12.2. The van der Waals surface area contributed by atoms with E-state index in [-0.39, 0.29) is 6.10 Å². The Kier molecular flexibility index (Phi) is 2.99. The molecule has 0 heterocycles. The van der Waals surface area contributed by atoms with Gasteiger partial charge in [0.1, 0.15) is 0 Å². The number of hydrogen-bond acceptors (Lipinski definition) is 1. The van der Waals surface area contributed by atoms with Crippen molar-refractivity contribution in [1.29, 1.82) is 0 Å². The normalized spacial score (nSPS) is 52.7. The summed E-state index contributed by atoms with van der Waals surface area (Å²) < 4.78 is 0. The third-order valence-corrected chi connectivity index (χ3v) is 8.04. The summed E-state index contributed by atoms with van der Waals surface area (Å²) in [6.45, 7) is 9.42. The molecule has 21 heavy (non-hydrogen) atoms. The van der Waals surface area contributed by atoms with Crippen molar-refractivity contribution < 1.29 is 5.11 Å². The maximum atomic E-state index is 10.00. The maximum Gasteiger partial charge on any atom is 0.0724 e. The first-order valence-corrected chi connectivity index (χ1v) is 9.02. The lowest BCUT2D eigenvalue weighted by Crippen LogP contribution is -2.49. The standard InChI is InChI=1S/C20H30O/c1-13-4-7-17-16-6-5-14-12-15(21)8-10-20(14,3)18(16)9-11-19(13,17)2/h12,15-18,21H,1,4-11H2,2-3H3/t15?,16-,17-,18+,19+,20-/m0/s1. The Hall–Kier alpha value is -0.560. The number of rotatable bonds is 0. The van der Waals surface area contributed by atoms with Gasteiger partial charge in [0.05, 0.1) is 6.10 Å². The lowest BCUT2D eigenvalue weighted by molar-refractivity contribution is -0.0313. The zero-order valence-electron chi connectivity index (χ0n) is 13.7. The van der Waals surface area contributed by atoms with Crippen LogP contribution in [0.1, 0.15) is 65.2 Å². The molecule has 0 bridgehead atoms. The van der Waals surface area contributed by atoms with Crippen LogP contribution in [0.2, 0.25) is 0 Å². The van der Waals surface area contributed by atoms with Gasteiger partial charge >= 0.3 is 0 Å². The van der Waals surface area contributed by atoms with Gasteiger partial charge in [-0.2, -0.15) is 0 Å². The molecule has 4 aliphatic carbocycles. The van der Waals surface area contributed by atoms with Gasteiger partial charge in [0.2, 0.25) is 0 Å². The van der Waals surface area contributed by atoms with Gasteiger partial charge in [0.25, 0.3) is 0 Å². The van der Waals surface area contributed by atoms with Crippen LogP contribution < -0.4 is 0 Å². The highest BCUT2D eigenvalue weighted by Crippen LogP contribution is 2.66. The second-order valence-electron chi connectivity index (χ2n) is 8.73. The summed E-state index contributed by atoms with van der Waals surface area (Å²) in [5, 5.41) is 10.00. The van der Waals surface area contributed by atoms with E-state index in [0.29, 0.717) is 10.8 Å². The molecule has 1 heteroatoms. The highest BCUT2D eigenvalue weighted by Gasteiger charge is 2.57. The highest BCUT2D eigenvalue weighted by molar-refractivity contribution is 5.28. The van der Waals surface area contributed by atoms with E-state index in [1.807, 2.05) is 0 Å². The molecule has 0 spiro atoms. The first-order chi connectivity index (χ1) is 9.95. The van der Waals surface area contributed by atoms with Gasteiger partial charge in [0, 0.05) is 0 Å². The minimum atomic E-state index is -0.176. The molecule has 0 aromatic heterocycles. The lowest BCUT2D eigenvalue weighted by Gasteiger charge is -2.58. The first-order valence-electron chi connectivity index (χ1n) is 9.02. The molecule has 4 rings (SSSR count). The van der Waals surface area contributed by atoms with Crippen molar-refractivity contribution in [3.05, 3.63) is 23.8 Å². The molecule has 1 N–H and O–H groups in total. The van der Waals surface area contributed by atoms with Crippen molar-refractivity contribution >= 4 is 0 Å². The Morgan fingerprint density at radius 3 is 2.52 bits per heavy atom. The van der Waals surface area contributed by atoms with Crippen molar-refractivity contribution in [2.75, 3.05) is 0 Å². The van der Waals surface area contributed by atoms with E-state index in [2.05, 4.69) is 26.5 Å². The number of hydrogen-bond donors (Lipinski definition) is 1. The molecule has 0 saturated heterocycles. The summed E-state index contributed by atoms with van der Waals surface area (Å²) in [5.41, 5.74) is 3.94. The predicted octanol–water partition coefficient (Wildman–Crippen LogP) is 4.87. The molecule has 0 amide bonds. The van der Waals surface area contributed by atoms with Crippen molar-refractivity contribution in [2.45, 2.75) is 71.3 Å². The Morgan fingerprint density at radius 1 is 1.00 bits per heavy atom. The molecule has 6 atom stereocenters. The Morgan fingerprint density at radius 2 is 1.71 bits per heavy atom. The molecule has 1 unspecified atom stereocenters. The SMILES string of the molecule is C=C1CC[C@H]2[C@@H]3CCC4=CC(O)CC[C@]4(C)[C@@H]3CC[C@]12C. The van der Waals surface area contributed by atoms with Crippen LogP contribution in [-0.4, -0.2) is 11.2 Å². The van der Waals surface area contributed by atoms with Gasteiger partial charge in [-0.1, -0.05) is 37.6 Å². The van der Waals surface area contributed by atoms with Crippen LogP contribution in [0.5, 0.6) is 0 Å². The smallest absolute Gasteiger partial charge is 0.0724 e. The molecular weight excluding hydrogens is 256 g/mol. The molecular formula is C20H30O. The summed E-state index contributed by atoms with van der Waals surface area (Å²) in [7, 11) is 0. The minimum absolute atomic E-state index is 0.176. The van der Waals surface area contributed by atoms with Crippen molar-refractivity contribution in [3.8, 4) is 0 Å². The van der Waals surface area contributed by atoms with Gasteiger partial charge in [-0.05, 0) is 80.0 Å².